The third-order valence-electron chi connectivity index (χ3n) is 5.32. The van der Waals surface area contributed by atoms with Crippen molar-refractivity contribution in [1.29, 1.82) is 0 Å². The second-order valence-electron chi connectivity index (χ2n) is 8.27. The number of hydrogen-bond donors (Lipinski definition) is 2. The Morgan fingerprint density at radius 1 is 1.19 bits per heavy atom. The third kappa shape index (κ3) is 9.46. The Hall–Kier alpha value is -1.82. The van der Waals surface area contributed by atoms with Crippen LogP contribution in [0.25, 0.3) is 0 Å². The Bertz CT molecular complexity index is 730. The maximum absolute atomic E-state index is 11.5. The molecule has 1 aliphatic carbocycles. The number of aliphatic hydroxyl groups excluding tert-OH is 2. The van der Waals surface area contributed by atoms with E-state index in [1.54, 1.807) is 12.1 Å². The molecule has 172 valence electrons. The van der Waals surface area contributed by atoms with Crippen molar-refractivity contribution in [2.45, 2.75) is 70.7 Å². The van der Waals surface area contributed by atoms with Crippen LogP contribution in [-0.4, -0.2) is 41.1 Å². The highest BCUT2D eigenvalue weighted by molar-refractivity contribution is 6.30. The minimum Gasteiger partial charge on any atom is -0.493 e. The van der Waals surface area contributed by atoms with Gasteiger partial charge >= 0.3 is 5.97 Å². The zero-order chi connectivity index (χ0) is 22.6. The molecule has 0 amide bonds. The first-order chi connectivity index (χ1) is 14.9. The van der Waals surface area contributed by atoms with E-state index < -0.39 is 12.2 Å². The molecule has 1 fully saturated rings. The number of allylic oxidation sites excluding steroid dienone is 2. The van der Waals surface area contributed by atoms with E-state index in [0.717, 1.165) is 18.6 Å². The number of unbranched alkanes of at least 4 members (excludes halogenated alkanes) is 1. The summed E-state index contributed by atoms with van der Waals surface area (Å²) in [5, 5.41) is 21.3. The minimum absolute atomic E-state index is 0.0118. The van der Waals surface area contributed by atoms with Gasteiger partial charge in [0.2, 0.25) is 0 Å². The van der Waals surface area contributed by atoms with E-state index in [0.29, 0.717) is 37.3 Å². The standard InChI is InChI=1S/C25H35ClO5/c1-18(2)31-25(29)14-6-4-3-5-12-21-22(24(28)17-23(21)27)13-7-8-15-30-20-11-9-10-19(26)16-20/h3,5,7,9-11,13,16,18,21-24,27-28H,4,6,8,12,14-15,17H2,1-2H3/b5-3-,13-7+/t21-,22?,23+,24-/m1/s1. The summed E-state index contributed by atoms with van der Waals surface area (Å²) in [7, 11) is 0. The molecule has 1 saturated carbocycles. The fourth-order valence-corrected chi connectivity index (χ4v) is 4.00. The molecule has 1 unspecified atom stereocenters. The Kier molecular flexibility index (Phi) is 11.1. The van der Waals surface area contributed by atoms with Crippen molar-refractivity contribution in [3.05, 3.63) is 53.6 Å². The molecule has 1 aliphatic rings. The van der Waals surface area contributed by atoms with Crippen LogP contribution in [0, 0.1) is 11.8 Å². The summed E-state index contributed by atoms with van der Waals surface area (Å²) in [6.45, 7) is 4.21. The molecule has 1 aromatic carbocycles. The largest absolute Gasteiger partial charge is 0.493 e. The molecule has 2 N–H and O–H groups in total. The van der Waals surface area contributed by atoms with Gasteiger partial charge in [0.05, 0.1) is 24.9 Å². The quantitative estimate of drug-likeness (QED) is 0.263. The van der Waals surface area contributed by atoms with Crippen molar-refractivity contribution in [3.8, 4) is 5.75 Å². The van der Waals surface area contributed by atoms with Crippen molar-refractivity contribution in [1.82, 2.24) is 0 Å². The summed E-state index contributed by atoms with van der Waals surface area (Å²) in [4.78, 5) is 11.5. The van der Waals surface area contributed by atoms with Crippen molar-refractivity contribution < 1.29 is 24.5 Å². The molecule has 0 saturated heterocycles. The summed E-state index contributed by atoms with van der Waals surface area (Å²) in [6.07, 6.45) is 10.7. The van der Waals surface area contributed by atoms with Gasteiger partial charge in [-0.2, -0.15) is 0 Å². The zero-order valence-electron chi connectivity index (χ0n) is 18.5. The fourth-order valence-electron chi connectivity index (χ4n) is 3.82. The average molecular weight is 451 g/mol. The number of carbonyl (C=O) groups is 1. The van der Waals surface area contributed by atoms with E-state index in [9.17, 15) is 15.0 Å². The lowest BCUT2D eigenvalue weighted by Crippen LogP contribution is -2.19. The lowest BCUT2D eigenvalue weighted by atomic mass is 9.90. The number of rotatable bonds is 12. The van der Waals surface area contributed by atoms with Gasteiger partial charge in [0.25, 0.3) is 0 Å². The first kappa shape index (κ1) is 25.4. The van der Waals surface area contributed by atoms with E-state index in [1.165, 1.54) is 0 Å². The van der Waals surface area contributed by atoms with Gasteiger partial charge in [0.1, 0.15) is 5.75 Å². The lowest BCUT2D eigenvalue weighted by Gasteiger charge is -2.19. The van der Waals surface area contributed by atoms with E-state index in [-0.39, 0.29) is 23.9 Å². The van der Waals surface area contributed by atoms with Crippen molar-refractivity contribution in [2.75, 3.05) is 6.61 Å². The van der Waals surface area contributed by atoms with E-state index in [1.807, 2.05) is 50.3 Å². The van der Waals surface area contributed by atoms with Gasteiger partial charge in [-0.1, -0.05) is 42.0 Å². The van der Waals surface area contributed by atoms with Gasteiger partial charge in [0.15, 0.2) is 0 Å². The molecule has 0 spiro atoms. The second-order valence-corrected chi connectivity index (χ2v) is 8.71. The number of benzene rings is 1. The van der Waals surface area contributed by atoms with Gasteiger partial charge < -0.3 is 19.7 Å². The first-order valence-corrected chi connectivity index (χ1v) is 11.5. The molecule has 6 heteroatoms. The Labute approximate surface area is 190 Å². The number of ether oxygens (including phenoxy) is 2. The molecule has 0 radical (unpaired) electrons. The molecule has 4 atom stereocenters. The number of hydrogen-bond acceptors (Lipinski definition) is 5. The van der Waals surface area contributed by atoms with E-state index >= 15 is 0 Å². The predicted molar refractivity (Wildman–Crippen MR) is 123 cm³/mol. The number of aliphatic hydroxyl groups is 2. The van der Waals surface area contributed by atoms with Crippen LogP contribution in [0.5, 0.6) is 5.75 Å². The highest BCUT2D eigenvalue weighted by Crippen LogP contribution is 2.36. The summed E-state index contributed by atoms with van der Waals surface area (Å²) in [6, 6.07) is 7.29. The van der Waals surface area contributed by atoms with Crippen molar-refractivity contribution in [2.24, 2.45) is 11.8 Å². The molecule has 31 heavy (non-hydrogen) atoms. The topological polar surface area (TPSA) is 76.0 Å². The van der Waals surface area contributed by atoms with Gasteiger partial charge in [-0.15, -0.1) is 0 Å². The van der Waals surface area contributed by atoms with Crippen LogP contribution in [0.3, 0.4) is 0 Å². The third-order valence-corrected chi connectivity index (χ3v) is 5.55. The molecule has 1 aromatic rings. The van der Waals surface area contributed by atoms with Gasteiger partial charge in [-0.3, -0.25) is 4.79 Å². The van der Waals surface area contributed by atoms with Crippen LogP contribution < -0.4 is 4.74 Å². The summed E-state index contributed by atoms with van der Waals surface area (Å²) < 4.78 is 10.8. The van der Waals surface area contributed by atoms with Crippen LogP contribution >= 0.6 is 11.6 Å². The first-order valence-electron chi connectivity index (χ1n) is 11.1. The monoisotopic (exact) mass is 450 g/mol. The smallest absolute Gasteiger partial charge is 0.306 e. The minimum atomic E-state index is -0.538. The van der Waals surface area contributed by atoms with Gasteiger partial charge in [-0.05, 0) is 63.6 Å². The van der Waals surface area contributed by atoms with Crippen molar-refractivity contribution in [3.63, 3.8) is 0 Å². The Morgan fingerprint density at radius 3 is 2.74 bits per heavy atom. The van der Waals surface area contributed by atoms with Crippen LogP contribution in [-0.2, 0) is 9.53 Å². The molecule has 0 heterocycles. The number of esters is 1. The molecule has 0 bridgehead atoms. The van der Waals surface area contributed by atoms with E-state index in [4.69, 9.17) is 21.1 Å². The summed E-state index contributed by atoms with van der Waals surface area (Å²) in [5.41, 5.74) is 0. The van der Waals surface area contributed by atoms with Gasteiger partial charge in [0, 0.05) is 23.8 Å². The molecule has 2 rings (SSSR count). The van der Waals surface area contributed by atoms with E-state index in [2.05, 4.69) is 0 Å². The fraction of sp³-hybridized carbons (Fsp3) is 0.560. The van der Waals surface area contributed by atoms with Crippen LogP contribution in [0.4, 0.5) is 0 Å². The molecular weight excluding hydrogens is 416 g/mol. The Balaban J connectivity index is 1.72. The SMILES string of the molecule is CC(C)OC(=O)CCC/C=C\C[C@@H]1C(/C=C/CCOc2cccc(Cl)c2)[C@H](O)C[C@@H]1O. The maximum atomic E-state index is 11.5. The summed E-state index contributed by atoms with van der Waals surface area (Å²) in [5.74, 6) is 0.481. The van der Waals surface area contributed by atoms with Crippen LogP contribution in [0.15, 0.2) is 48.6 Å². The molecule has 5 nitrogen and oxygen atoms in total. The zero-order valence-corrected chi connectivity index (χ0v) is 19.2. The molecule has 0 aromatic heterocycles. The maximum Gasteiger partial charge on any atom is 0.306 e. The summed E-state index contributed by atoms with van der Waals surface area (Å²) >= 11 is 5.95. The van der Waals surface area contributed by atoms with Crippen LogP contribution in [0.1, 0.15) is 52.4 Å². The predicted octanol–water partition coefficient (Wildman–Crippen LogP) is 5.09. The highest BCUT2D eigenvalue weighted by Gasteiger charge is 2.39. The number of halogens is 1. The van der Waals surface area contributed by atoms with Gasteiger partial charge in [-0.25, -0.2) is 0 Å². The van der Waals surface area contributed by atoms with Crippen LogP contribution in [0.2, 0.25) is 5.02 Å². The lowest BCUT2D eigenvalue weighted by molar-refractivity contribution is -0.147. The normalized spacial score (nSPS) is 23.8. The second kappa shape index (κ2) is 13.6. The highest BCUT2D eigenvalue weighted by atomic mass is 35.5. The number of carbonyl (C=O) groups excluding carboxylic acids is 1. The molecule has 0 aliphatic heterocycles. The van der Waals surface area contributed by atoms with Crippen molar-refractivity contribution >= 4 is 17.6 Å². The Morgan fingerprint density at radius 2 is 2.00 bits per heavy atom. The molecular formula is C25H35ClO5. The average Bonchev–Trinajstić information content (AvgIpc) is 2.96.